The largest absolute Gasteiger partial charge is 0.489 e. The molecule has 168 valence electrons. The molecule has 6 nitrogen and oxygen atoms in total. The van der Waals surface area contributed by atoms with Gasteiger partial charge in [-0.1, -0.05) is 42.0 Å². The van der Waals surface area contributed by atoms with Crippen LogP contribution in [0.5, 0.6) is 5.75 Å². The van der Waals surface area contributed by atoms with Crippen molar-refractivity contribution in [2.24, 2.45) is 0 Å². The minimum absolute atomic E-state index is 0.103. The monoisotopic (exact) mass is 441 g/mol. The molecule has 0 saturated heterocycles. The second kappa shape index (κ2) is 9.69. The van der Waals surface area contributed by atoms with Crippen LogP contribution in [0.3, 0.4) is 0 Å². The van der Waals surface area contributed by atoms with E-state index in [1.54, 1.807) is 29.7 Å². The fraction of sp³-hybridized carbons (Fsp3) is 0.222. The summed E-state index contributed by atoms with van der Waals surface area (Å²) in [7, 11) is 0. The number of nitrogens with zero attached hydrogens (tertiary/aromatic N) is 2. The molecule has 1 aromatic heterocycles. The highest BCUT2D eigenvalue weighted by Gasteiger charge is 2.11. The normalized spacial score (nSPS) is 10.9. The van der Waals surface area contributed by atoms with Crippen LogP contribution in [0.4, 0.5) is 0 Å². The quantitative estimate of drug-likeness (QED) is 0.457. The van der Waals surface area contributed by atoms with Crippen molar-refractivity contribution in [1.82, 2.24) is 14.9 Å². The summed E-state index contributed by atoms with van der Waals surface area (Å²) >= 11 is 0. The van der Waals surface area contributed by atoms with Crippen molar-refractivity contribution in [3.63, 3.8) is 0 Å². The van der Waals surface area contributed by atoms with Gasteiger partial charge >= 0.3 is 0 Å². The molecule has 0 bridgehead atoms. The van der Waals surface area contributed by atoms with E-state index in [1.807, 2.05) is 43.3 Å². The molecular formula is C27H27N3O3. The molecule has 0 aliphatic heterocycles. The molecular weight excluding hydrogens is 414 g/mol. The molecule has 0 aliphatic carbocycles. The highest BCUT2D eigenvalue weighted by molar-refractivity contribution is 5.97. The Balaban J connectivity index is 1.38. The first-order chi connectivity index (χ1) is 15.9. The van der Waals surface area contributed by atoms with Crippen LogP contribution in [0.1, 0.15) is 39.7 Å². The Morgan fingerprint density at radius 1 is 1.00 bits per heavy atom. The average molecular weight is 442 g/mol. The fourth-order valence-electron chi connectivity index (χ4n) is 3.79. The van der Waals surface area contributed by atoms with E-state index in [9.17, 15) is 9.59 Å². The summed E-state index contributed by atoms with van der Waals surface area (Å²) in [4.78, 5) is 29.3. The van der Waals surface area contributed by atoms with E-state index >= 15 is 0 Å². The number of aryl methyl sites for hydroxylation is 3. The predicted octanol–water partition coefficient (Wildman–Crippen LogP) is 4.54. The molecule has 4 aromatic rings. The first-order valence-corrected chi connectivity index (χ1v) is 11.0. The molecule has 0 fully saturated rings. The molecule has 0 unspecified atom stereocenters. The maximum atomic E-state index is 12.7. The molecule has 1 N–H and O–H groups in total. The Labute approximate surface area is 192 Å². The lowest BCUT2D eigenvalue weighted by atomic mass is 10.1. The van der Waals surface area contributed by atoms with Gasteiger partial charge in [0.15, 0.2) is 0 Å². The lowest BCUT2D eigenvalue weighted by molar-refractivity contribution is 0.0951. The van der Waals surface area contributed by atoms with Gasteiger partial charge in [-0.25, -0.2) is 4.98 Å². The summed E-state index contributed by atoms with van der Waals surface area (Å²) in [6.07, 6.45) is 0. The lowest BCUT2D eigenvalue weighted by Gasteiger charge is -2.11. The summed E-state index contributed by atoms with van der Waals surface area (Å²) in [5.41, 5.74) is 5.50. The first kappa shape index (κ1) is 22.3. The number of carbonyl (C=O) groups is 1. The molecule has 0 aliphatic rings. The van der Waals surface area contributed by atoms with Crippen molar-refractivity contribution in [2.45, 2.75) is 40.5 Å². The zero-order chi connectivity index (χ0) is 23.4. The number of fused-ring (bicyclic) bond motifs is 1. The summed E-state index contributed by atoms with van der Waals surface area (Å²) < 4.78 is 7.52. The van der Waals surface area contributed by atoms with Crippen LogP contribution in [0.15, 0.2) is 71.5 Å². The minimum Gasteiger partial charge on any atom is -0.489 e. The third kappa shape index (κ3) is 5.12. The molecule has 0 radical (unpaired) electrons. The first-order valence-electron chi connectivity index (χ1n) is 11.0. The zero-order valence-corrected chi connectivity index (χ0v) is 19.1. The highest BCUT2D eigenvalue weighted by Crippen LogP contribution is 2.16. The van der Waals surface area contributed by atoms with E-state index in [4.69, 9.17) is 4.74 Å². The van der Waals surface area contributed by atoms with E-state index in [0.717, 1.165) is 22.4 Å². The summed E-state index contributed by atoms with van der Waals surface area (Å²) in [5, 5.41) is 2.94. The van der Waals surface area contributed by atoms with E-state index in [-0.39, 0.29) is 11.5 Å². The molecule has 3 aromatic carbocycles. The van der Waals surface area contributed by atoms with Gasteiger partial charge in [-0.2, -0.15) is 0 Å². The van der Waals surface area contributed by atoms with Crippen LogP contribution < -0.4 is 15.6 Å². The lowest BCUT2D eigenvalue weighted by Crippen LogP contribution is -2.25. The van der Waals surface area contributed by atoms with Gasteiger partial charge in [-0.3, -0.25) is 9.59 Å². The number of nitrogens with one attached hydrogen (secondary N) is 1. The van der Waals surface area contributed by atoms with E-state index < -0.39 is 0 Å². The number of aromatic nitrogens is 2. The molecule has 0 saturated carbocycles. The van der Waals surface area contributed by atoms with Crippen molar-refractivity contribution in [2.75, 3.05) is 0 Å². The standard InChI is InChI=1S/C27H27N3O3/c1-4-30-25-13-10-22(15-24(25)29-19(3)27(30)32)26(31)28-16-20-8-11-23(12-9-20)33-17-21-7-5-6-18(2)14-21/h5-15H,4,16-17H2,1-3H3,(H,28,31). The van der Waals surface area contributed by atoms with Gasteiger partial charge < -0.3 is 14.6 Å². The molecule has 6 heteroatoms. The number of carbonyl (C=O) groups excluding carboxylic acids is 1. The van der Waals surface area contributed by atoms with Gasteiger partial charge in [0.1, 0.15) is 18.1 Å². The summed E-state index contributed by atoms with van der Waals surface area (Å²) in [5.74, 6) is 0.593. The Kier molecular flexibility index (Phi) is 6.54. The molecule has 33 heavy (non-hydrogen) atoms. The van der Waals surface area contributed by atoms with Crippen molar-refractivity contribution in [3.05, 3.63) is 105 Å². The Morgan fingerprint density at radius 2 is 1.79 bits per heavy atom. The second-order valence-electron chi connectivity index (χ2n) is 8.05. The van der Waals surface area contributed by atoms with E-state index in [2.05, 4.69) is 29.4 Å². The van der Waals surface area contributed by atoms with Crippen LogP contribution in [0, 0.1) is 13.8 Å². The Hall–Kier alpha value is -3.93. The number of hydrogen-bond acceptors (Lipinski definition) is 4. The molecule has 1 heterocycles. The van der Waals surface area contributed by atoms with Gasteiger partial charge in [0, 0.05) is 18.7 Å². The predicted molar refractivity (Wildman–Crippen MR) is 130 cm³/mol. The number of amides is 1. The SMILES string of the molecule is CCn1c(=O)c(C)nc2cc(C(=O)NCc3ccc(OCc4cccc(C)c4)cc3)ccc21. The van der Waals surface area contributed by atoms with Crippen molar-refractivity contribution >= 4 is 16.9 Å². The number of ether oxygens (including phenoxy) is 1. The van der Waals surface area contributed by atoms with Crippen molar-refractivity contribution < 1.29 is 9.53 Å². The molecule has 1 amide bonds. The van der Waals surface area contributed by atoms with Crippen LogP contribution in [0.25, 0.3) is 11.0 Å². The van der Waals surface area contributed by atoms with E-state index in [1.165, 1.54) is 5.56 Å². The van der Waals surface area contributed by atoms with Crippen LogP contribution in [0.2, 0.25) is 0 Å². The maximum absolute atomic E-state index is 12.7. The van der Waals surface area contributed by atoms with Gasteiger partial charge in [0.25, 0.3) is 11.5 Å². The number of hydrogen-bond donors (Lipinski definition) is 1. The van der Waals surface area contributed by atoms with Crippen LogP contribution in [-0.4, -0.2) is 15.5 Å². The van der Waals surface area contributed by atoms with Gasteiger partial charge in [0.2, 0.25) is 0 Å². The minimum atomic E-state index is -0.189. The smallest absolute Gasteiger partial charge is 0.272 e. The molecule has 4 rings (SSSR count). The second-order valence-corrected chi connectivity index (χ2v) is 8.05. The molecule has 0 atom stereocenters. The van der Waals surface area contributed by atoms with Gasteiger partial charge in [-0.05, 0) is 62.2 Å². The highest BCUT2D eigenvalue weighted by atomic mass is 16.5. The fourth-order valence-corrected chi connectivity index (χ4v) is 3.79. The Bertz CT molecular complexity index is 1360. The van der Waals surface area contributed by atoms with Gasteiger partial charge in [-0.15, -0.1) is 0 Å². The average Bonchev–Trinajstić information content (AvgIpc) is 2.82. The third-order valence-corrected chi connectivity index (χ3v) is 5.55. The topological polar surface area (TPSA) is 73.2 Å². The third-order valence-electron chi connectivity index (χ3n) is 5.55. The van der Waals surface area contributed by atoms with E-state index in [0.29, 0.717) is 36.5 Å². The van der Waals surface area contributed by atoms with Crippen molar-refractivity contribution in [1.29, 1.82) is 0 Å². The zero-order valence-electron chi connectivity index (χ0n) is 19.1. The molecule has 0 spiro atoms. The summed E-state index contributed by atoms with van der Waals surface area (Å²) in [6, 6.07) is 21.2. The number of benzene rings is 3. The van der Waals surface area contributed by atoms with Crippen LogP contribution in [-0.2, 0) is 19.7 Å². The van der Waals surface area contributed by atoms with Crippen molar-refractivity contribution in [3.8, 4) is 5.75 Å². The number of rotatable bonds is 7. The van der Waals surface area contributed by atoms with Crippen LogP contribution >= 0.6 is 0 Å². The van der Waals surface area contributed by atoms with Gasteiger partial charge in [0.05, 0.1) is 11.0 Å². The Morgan fingerprint density at radius 3 is 2.52 bits per heavy atom. The summed E-state index contributed by atoms with van der Waals surface area (Å²) in [6.45, 7) is 7.13. The maximum Gasteiger partial charge on any atom is 0.272 e.